The van der Waals surface area contributed by atoms with Crippen LogP contribution in [0.25, 0.3) is 0 Å². The van der Waals surface area contributed by atoms with Crippen LogP contribution in [0.5, 0.6) is 0 Å². The van der Waals surface area contributed by atoms with Crippen LogP contribution in [0.3, 0.4) is 0 Å². The first-order valence-corrected chi connectivity index (χ1v) is 5.18. The van der Waals surface area contributed by atoms with Crippen molar-refractivity contribution in [3.63, 3.8) is 0 Å². The third kappa shape index (κ3) is 9.47. The van der Waals surface area contributed by atoms with E-state index in [1.807, 2.05) is 6.92 Å². The number of hydrogen-bond acceptors (Lipinski definition) is 3. The second kappa shape index (κ2) is 5.16. The predicted molar refractivity (Wildman–Crippen MR) is 43.5 cm³/mol. The van der Waals surface area contributed by atoms with Crippen LogP contribution in [-0.4, -0.2) is 21.3 Å². The molecule has 0 N–H and O–H groups in total. The quantitative estimate of drug-likeness (QED) is 0.362. The summed E-state index contributed by atoms with van der Waals surface area (Å²) in [6, 6.07) is 0. The Morgan fingerprint density at radius 3 is 2.45 bits per heavy atom. The van der Waals surface area contributed by atoms with Crippen molar-refractivity contribution in [2.24, 2.45) is 0 Å². The Balaban J connectivity index is 3.44. The fraction of sp³-hybridized carbons (Fsp3) is 0.714. The Kier molecular flexibility index (Phi) is 4.92. The van der Waals surface area contributed by atoms with Gasteiger partial charge in [0.2, 0.25) is 0 Å². The summed E-state index contributed by atoms with van der Waals surface area (Å²) in [5, 5.41) is 0. The molecule has 0 aromatic rings. The zero-order valence-corrected chi connectivity index (χ0v) is 7.57. The lowest BCUT2D eigenvalue weighted by molar-refractivity contribution is 0.330. The summed E-state index contributed by atoms with van der Waals surface area (Å²) in [5.41, 5.74) is 0. The summed E-state index contributed by atoms with van der Waals surface area (Å²) < 4.78 is 25.2. The van der Waals surface area contributed by atoms with E-state index in [0.717, 1.165) is 12.7 Å². The standard InChI is InChI=1S/C7H12O3S/c1-3-4-5-6-7-10-11(2,8)9/h3,6-7H2,1-2H3. The van der Waals surface area contributed by atoms with Crippen molar-refractivity contribution >= 4 is 10.1 Å². The van der Waals surface area contributed by atoms with E-state index in [-0.39, 0.29) is 6.61 Å². The summed E-state index contributed by atoms with van der Waals surface area (Å²) in [6.45, 7) is 2.09. The first-order valence-electron chi connectivity index (χ1n) is 3.36. The van der Waals surface area contributed by atoms with Gasteiger partial charge in [0.05, 0.1) is 12.9 Å². The first-order chi connectivity index (χ1) is 5.06. The fourth-order valence-electron chi connectivity index (χ4n) is 0.457. The van der Waals surface area contributed by atoms with Crippen LogP contribution in [-0.2, 0) is 14.3 Å². The van der Waals surface area contributed by atoms with Crippen LogP contribution in [0.2, 0.25) is 0 Å². The molecule has 0 fully saturated rings. The highest BCUT2D eigenvalue weighted by atomic mass is 32.2. The summed E-state index contributed by atoms with van der Waals surface area (Å²) >= 11 is 0. The molecule has 0 aromatic carbocycles. The van der Waals surface area contributed by atoms with E-state index in [9.17, 15) is 8.42 Å². The minimum atomic E-state index is -3.28. The monoisotopic (exact) mass is 176 g/mol. The maximum absolute atomic E-state index is 10.4. The van der Waals surface area contributed by atoms with Gasteiger partial charge < -0.3 is 0 Å². The number of hydrogen-bond donors (Lipinski definition) is 0. The smallest absolute Gasteiger partial charge is 0.264 e. The molecule has 0 saturated heterocycles. The highest BCUT2D eigenvalue weighted by molar-refractivity contribution is 7.85. The van der Waals surface area contributed by atoms with E-state index in [2.05, 4.69) is 16.0 Å². The third-order valence-electron chi connectivity index (χ3n) is 0.826. The summed E-state index contributed by atoms with van der Waals surface area (Å²) in [4.78, 5) is 0. The van der Waals surface area contributed by atoms with Crippen molar-refractivity contribution in [1.29, 1.82) is 0 Å². The minimum absolute atomic E-state index is 0.159. The van der Waals surface area contributed by atoms with Crippen LogP contribution >= 0.6 is 0 Å². The molecule has 0 rings (SSSR count). The normalized spacial score (nSPS) is 10.4. The molecule has 64 valence electrons. The van der Waals surface area contributed by atoms with E-state index >= 15 is 0 Å². The molecule has 0 saturated carbocycles. The molecule has 0 amide bonds. The van der Waals surface area contributed by atoms with Crippen LogP contribution in [0, 0.1) is 11.8 Å². The molecule has 0 unspecified atom stereocenters. The number of rotatable bonds is 3. The van der Waals surface area contributed by atoms with Crippen molar-refractivity contribution in [3.05, 3.63) is 0 Å². The Morgan fingerprint density at radius 2 is 2.00 bits per heavy atom. The molecule has 0 aliphatic heterocycles. The van der Waals surface area contributed by atoms with Gasteiger partial charge in [-0.1, -0.05) is 6.92 Å². The largest absolute Gasteiger partial charge is 0.269 e. The summed E-state index contributed by atoms with van der Waals surface area (Å²) in [5.74, 6) is 5.58. The van der Waals surface area contributed by atoms with Gasteiger partial charge in [-0.25, -0.2) is 0 Å². The Morgan fingerprint density at radius 1 is 1.36 bits per heavy atom. The van der Waals surface area contributed by atoms with E-state index in [1.54, 1.807) is 0 Å². The van der Waals surface area contributed by atoms with Gasteiger partial charge in [-0.05, 0) is 0 Å². The van der Waals surface area contributed by atoms with Gasteiger partial charge in [-0.3, -0.25) is 4.18 Å². The maximum atomic E-state index is 10.4. The second-order valence-electron chi connectivity index (χ2n) is 1.98. The van der Waals surface area contributed by atoms with E-state index in [1.165, 1.54) is 0 Å². The highest BCUT2D eigenvalue weighted by Crippen LogP contribution is 1.88. The Hall–Kier alpha value is -0.530. The van der Waals surface area contributed by atoms with Gasteiger partial charge in [0.25, 0.3) is 10.1 Å². The first kappa shape index (κ1) is 10.5. The van der Waals surface area contributed by atoms with Crippen LogP contribution in [0.4, 0.5) is 0 Å². The molecule has 11 heavy (non-hydrogen) atoms. The lowest BCUT2D eigenvalue weighted by Crippen LogP contribution is -2.03. The van der Waals surface area contributed by atoms with E-state index in [0.29, 0.717) is 6.42 Å². The molecule has 0 aromatic heterocycles. The average Bonchev–Trinajstić information content (AvgIpc) is 1.85. The topological polar surface area (TPSA) is 43.4 Å². The molecule has 0 aliphatic carbocycles. The van der Waals surface area contributed by atoms with Crippen LogP contribution in [0.15, 0.2) is 0 Å². The van der Waals surface area contributed by atoms with Crippen LogP contribution in [0.1, 0.15) is 19.8 Å². The van der Waals surface area contributed by atoms with E-state index in [4.69, 9.17) is 0 Å². The molecule has 0 spiro atoms. The Bertz CT molecular complexity index is 243. The molecule has 0 aliphatic rings. The zero-order valence-electron chi connectivity index (χ0n) is 6.75. The van der Waals surface area contributed by atoms with Gasteiger partial charge in [0, 0.05) is 12.8 Å². The SMILES string of the molecule is CCC#CCCOS(C)(=O)=O. The molecular weight excluding hydrogens is 164 g/mol. The average molecular weight is 176 g/mol. The van der Waals surface area contributed by atoms with Crippen molar-refractivity contribution in [2.45, 2.75) is 19.8 Å². The van der Waals surface area contributed by atoms with Crippen LogP contribution < -0.4 is 0 Å². The molecular formula is C7H12O3S. The van der Waals surface area contributed by atoms with Crippen molar-refractivity contribution in [2.75, 3.05) is 12.9 Å². The lowest BCUT2D eigenvalue weighted by Gasteiger charge is -1.94. The van der Waals surface area contributed by atoms with Crippen molar-refractivity contribution in [1.82, 2.24) is 0 Å². The van der Waals surface area contributed by atoms with Gasteiger partial charge in [-0.2, -0.15) is 8.42 Å². The molecule has 3 nitrogen and oxygen atoms in total. The fourth-order valence-corrected chi connectivity index (χ4v) is 0.844. The van der Waals surface area contributed by atoms with Gasteiger partial charge in [0.1, 0.15) is 0 Å². The summed E-state index contributed by atoms with van der Waals surface area (Å²) in [7, 11) is -3.28. The van der Waals surface area contributed by atoms with Gasteiger partial charge in [-0.15, -0.1) is 11.8 Å². The van der Waals surface area contributed by atoms with Gasteiger partial charge in [0.15, 0.2) is 0 Å². The third-order valence-corrected chi connectivity index (χ3v) is 1.42. The van der Waals surface area contributed by atoms with E-state index < -0.39 is 10.1 Å². The maximum Gasteiger partial charge on any atom is 0.264 e. The second-order valence-corrected chi connectivity index (χ2v) is 3.63. The zero-order chi connectivity index (χ0) is 8.74. The molecule has 0 bridgehead atoms. The van der Waals surface area contributed by atoms with Gasteiger partial charge >= 0.3 is 0 Å². The molecule has 0 radical (unpaired) electrons. The molecule has 4 heteroatoms. The van der Waals surface area contributed by atoms with Crippen molar-refractivity contribution < 1.29 is 12.6 Å². The Labute approximate surface area is 67.9 Å². The summed E-state index contributed by atoms with van der Waals surface area (Å²) in [6.07, 6.45) is 2.29. The molecule has 0 heterocycles. The molecule has 0 atom stereocenters. The highest BCUT2D eigenvalue weighted by Gasteiger charge is 1.97. The minimum Gasteiger partial charge on any atom is -0.269 e. The lowest BCUT2D eigenvalue weighted by atomic mass is 10.4. The predicted octanol–water partition coefficient (Wildman–Crippen LogP) is 0.766. The van der Waals surface area contributed by atoms with Crippen molar-refractivity contribution in [3.8, 4) is 11.8 Å².